The van der Waals surface area contributed by atoms with Crippen molar-refractivity contribution in [2.24, 2.45) is 5.92 Å². The Morgan fingerprint density at radius 1 is 0.846 bits per heavy atom. The molecule has 2 saturated heterocycles. The van der Waals surface area contributed by atoms with Crippen molar-refractivity contribution in [3.63, 3.8) is 0 Å². The molecule has 3 fully saturated rings. The smallest absolute Gasteiger partial charge is 0.225 e. The molecule has 3 aliphatic rings. The van der Waals surface area contributed by atoms with Crippen molar-refractivity contribution in [2.45, 2.75) is 38.5 Å². The van der Waals surface area contributed by atoms with Gasteiger partial charge in [-0.15, -0.1) is 10.2 Å². The molecule has 1 aliphatic carbocycles. The van der Waals surface area contributed by atoms with Crippen LogP contribution < -0.4 is 9.80 Å². The zero-order chi connectivity index (χ0) is 17.9. The SMILES string of the molecule is O=C1CCC(C(=O)N2CCN(c3ccc(N4CCCC4)nn3)CC2)CC1. The van der Waals surface area contributed by atoms with Crippen LogP contribution in [0.15, 0.2) is 12.1 Å². The van der Waals surface area contributed by atoms with Gasteiger partial charge in [-0.25, -0.2) is 0 Å². The van der Waals surface area contributed by atoms with Gasteiger partial charge in [-0.3, -0.25) is 9.59 Å². The molecule has 1 aromatic rings. The van der Waals surface area contributed by atoms with Crippen molar-refractivity contribution >= 4 is 23.3 Å². The molecule has 0 radical (unpaired) electrons. The van der Waals surface area contributed by atoms with E-state index in [0.29, 0.717) is 18.6 Å². The number of hydrogen-bond acceptors (Lipinski definition) is 6. The first-order chi connectivity index (χ1) is 12.7. The predicted molar refractivity (Wildman–Crippen MR) is 99.2 cm³/mol. The highest BCUT2D eigenvalue weighted by Gasteiger charge is 2.30. The number of anilines is 2. The van der Waals surface area contributed by atoms with Gasteiger partial charge in [0, 0.05) is 58.0 Å². The summed E-state index contributed by atoms with van der Waals surface area (Å²) in [5.41, 5.74) is 0. The van der Waals surface area contributed by atoms with Crippen LogP contribution in [0.1, 0.15) is 38.5 Å². The molecule has 7 nitrogen and oxygen atoms in total. The summed E-state index contributed by atoms with van der Waals surface area (Å²) in [6.07, 6.45) is 5.04. The van der Waals surface area contributed by atoms with E-state index in [9.17, 15) is 9.59 Å². The number of hydrogen-bond donors (Lipinski definition) is 0. The Kier molecular flexibility index (Phi) is 5.04. The fraction of sp³-hybridized carbons (Fsp3) is 0.684. The van der Waals surface area contributed by atoms with Gasteiger partial charge in [-0.2, -0.15) is 0 Å². The maximum Gasteiger partial charge on any atom is 0.225 e. The minimum Gasteiger partial charge on any atom is -0.355 e. The average molecular weight is 357 g/mol. The Labute approximate surface area is 154 Å². The molecule has 0 aromatic carbocycles. The van der Waals surface area contributed by atoms with Crippen molar-refractivity contribution in [3.05, 3.63) is 12.1 Å². The van der Waals surface area contributed by atoms with Crippen LogP contribution in [-0.2, 0) is 9.59 Å². The second-order valence-corrected chi connectivity index (χ2v) is 7.57. The van der Waals surface area contributed by atoms with E-state index < -0.39 is 0 Å². The zero-order valence-corrected chi connectivity index (χ0v) is 15.3. The maximum atomic E-state index is 12.7. The summed E-state index contributed by atoms with van der Waals surface area (Å²) < 4.78 is 0. The first kappa shape index (κ1) is 17.2. The summed E-state index contributed by atoms with van der Waals surface area (Å²) in [5, 5.41) is 8.80. The lowest BCUT2D eigenvalue weighted by Crippen LogP contribution is -2.51. The van der Waals surface area contributed by atoms with E-state index in [-0.39, 0.29) is 11.8 Å². The van der Waals surface area contributed by atoms with E-state index in [1.54, 1.807) is 0 Å². The minimum absolute atomic E-state index is 0.0405. The largest absolute Gasteiger partial charge is 0.355 e. The van der Waals surface area contributed by atoms with Crippen molar-refractivity contribution in [1.29, 1.82) is 0 Å². The van der Waals surface area contributed by atoms with Crippen molar-refractivity contribution in [1.82, 2.24) is 15.1 Å². The Morgan fingerprint density at radius 3 is 1.92 bits per heavy atom. The predicted octanol–water partition coefficient (Wildman–Crippen LogP) is 1.48. The van der Waals surface area contributed by atoms with Gasteiger partial charge in [0.15, 0.2) is 11.6 Å². The van der Waals surface area contributed by atoms with Gasteiger partial charge in [-0.05, 0) is 37.8 Å². The number of Topliss-reactive ketones (excluding diaryl/α,β-unsaturated/α-hetero) is 1. The minimum atomic E-state index is 0.0405. The molecule has 2 aliphatic heterocycles. The lowest BCUT2D eigenvalue weighted by molar-refractivity contribution is -0.137. The topological polar surface area (TPSA) is 69.6 Å². The van der Waals surface area contributed by atoms with Crippen LogP contribution >= 0.6 is 0 Å². The first-order valence-corrected chi connectivity index (χ1v) is 9.85. The zero-order valence-electron chi connectivity index (χ0n) is 15.3. The van der Waals surface area contributed by atoms with Crippen molar-refractivity contribution in [3.8, 4) is 0 Å². The van der Waals surface area contributed by atoms with Crippen LogP contribution in [0, 0.1) is 5.92 Å². The first-order valence-electron chi connectivity index (χ1n) is 9.85. The third-order valence-electron chi connectivity index (χ3n) is 5.87. The molecule has 0 spiro atoms. The maximum absolute atomic E-state index is 12.7. The standard InChI is InChI=1S/C19H27N5O2/c25-16-5-3-15(4-6-16)19(26)24-13-11-23(12-14-24)18-8-7-17(20-21-18)22-9-1-2-10-22/h7-8,15H,1-6,9-14H2. The van der Waals surface area contributed by atoms with Crippen LogP contribution in [-0.4, -0.2) is 66.1 Å². The van der Waals surface area contributed by atoms with E-state index in [4.69, 9.17) is 0 Å². The molecular weight excluding hydrogens is 330 g/mol. The van der Waals surface area contributed by atoms with Crippen molar-refractivity contribution < 1.29 is 9.59 Å². The monoisotopic (exact) mass is 357 g/mol. The number of aromatic nitrogens is 2. The van der Waals surface area contributed by atoms with E-state index in [1.807, 2.05) is 11.0 Å². The third kappa shape index (κ3) is 3.66. The molecule has 0 bridgehead atoms. The Hall–Kier alpha value is -2.18. The van der Waals surface area contributed by atoms with E-state index in [0.717, 1.165) is 63.7 Å². The van der Waals surface area contributed by atoms with Gasteiger partial charge in [0.25, 0.3) is 0 Å². The molecule has 1 aromatic heterocycles. The number of ketones is 1. The summed E-state index contributed by atoms with van der Waals surface area (Å²) >= 11 is 0. The summed E-state index contributed by atoms with van der Waals surface area (Å²) in [6, 6.07) is 4.11. The number of carbonyl (C=O) groups is 2. The molecule has 0 atom stereocenters. The lowest BCUT2D eigenvalue weighted by Gasteiger charge is -2.37. The normalized spacial score (nSPS) is 22.2. The van der Waals surface area contributed by atoms with Crippen LogP contribution in [0.3, 0.4) is 0 Å². The van der Waals surface area contributed by atoms with Gasteiger partial charge < -0.3 is 14.7 Å². The molecule has 0 N–H and O–H groups in total. The Bertz CT molecular complexity index is 638. The third-order valence-corrected chi connectivity index (χ3v) is 5.87. The van der Waals surface area contributed by atoms with Crippen LogP contribution in [0.5, 0.6) is 0 Å². The van der Waals surface area contributed by atoms with Crippen LogP contribution in [0.2, 0.25) is 0 Å². The molecule has 1 amide bonds. The molecule has 1 saturated carbocycles. The summed E-state index contributed by atoms with van der Waals surface area (Å²) in [6.45, 7) is 5.16. The van der Waals surface area contributed by atoms with Gasteiger partial charge in [0.2, 0.25) is 5.91 Å². The highest BCUT2D eigenvalue weighted by molar-refractivity contribution is 5.84. The second kappa shape index (κ2) is 7.60. The molecular formula is C19H27N5O2. The second-order valence-electron chi connectivity index (χ2n) is 7.57. The quantitative estimate of drug-likeness (QED) is 0.816. The molecule has 140 valence electrons. The Balaban J connectivity index is 1.30. The van der Waals surface area contributed by atoms with E-state index in [1.165, 1.54) is 12.8 Å². The van der Waals surface area contributed by atoms with Crippen LogP contribution in [0.25, 0.3) is 0 Å². The number of carbonyl (C=O) groups excluding carboxylic acids is 2. The fourth-order valence-corrected chi connectivity index (χ4v) is 4.20. The number of piperazine rings is 1. The molecule has 3 heterocycles. The van der Waals surface area contributed by atoms with Gasteiger partial charge >= 0.3 is 0 Å². The number of nitrogens with zero attached hydrogens (tertiary/aromatic N) is 5. The van der Waals surface area contributed by atoms with Crippen LogP contribution in [0.4, 0.5) is 11.6 Å². The summed E-state index contributed by atoms with van der Waals surface area (Å²) in [4.78, 5) is 30.5. The Morgan fingerprint density at radius 2 is 1.38 bits per heavy atom. The number of amides is 1. The average Bonchev–Trinajstić information content (AvgIpc) is 3.23. The van der Waals surface area contributed by atoms with Gasteiger partial charge in [0.05, 0.1) is 0 Å². The van der Waals surface area contributed by atoms with E-state index >= 15 is 0 Å². The van der Waals surface area contributed by atoms with E-state index in [2.05, 4.69) is 26.1 Å². The summed E-state index contributed by atoms with van der Waals surface area (Å²) in [5.74, 6) is 2.43. The summed E-state index contributed by atoms with van der Waals surface area (Å²) in [7, 11) is 0. The van der Waals surface area contributed by atoms with Gasteiger partial charge in [-0.1, -0.05) is 0 Å². The molecule has 4 rings (SSSR count). The van der Waals surface area contributed by atoms with Gasteiger partial charge in [0.1, 0.15) is 5.78 Å². The fourth-order valence-electron chi connectivity index (χ4n) is 4.20. The molecule has 26 heavy (non-hydrogen) atoms. The molecule has 0 unspecified atom stereocenters. The molecule has 7 heteroatoms. The highest BCUT2D eigenvalue weighted by Crippen LogP contribution is 2.25. The highest BCUT2D eigenvalue weighted by atomic mass is 16.2. The number of rotatable bonds is 3. The lowest BCUT2D eigenvalue weighted by atomic mass is 9.87. The van der Waals surface area contributed by atoms with Crippen molar-refractivity contribution in [2.75, 3.05) is 49.1 Å².